The van der Waals surface area contributed by atoms with Crippen molar-refractivity contribution in [1.82, 2.24) is 20.0 Å². The number of hydrogen-bond donors (Lipinski definition) is 2. The number of nitrogens with one attached hydrogen (secondary N) is 2. The number of carbonyl (C=O) groups is 1. The van der Waals surface area contributed by atoms with Gasteiger partial charge >= 0.3 is 0 Å². The molecule has 2 N–H and O–H groups in total. The van der Waals surface area contributed by atoms with Gasteiger partial charge in [-0.05, 0) is 6.07 Å². The molecule has 0 unspecified atom stereocenters. The predicted octanol–water partition coefficient (Wildman–Crippen LogP) is -0.135. The summed E-state index contributed by atoms with van der Waals surface area (Å²) >= 11 is 0. The third kappa shape index (κ3) is 3.26. The number of H-pyrrole nitrogens is 1. The Kier molecular flexibility index (Phi) is 4.04. The molecule has 0 radical (unpaired) electrons. The van der Waals surface area contributed by atoms with E-state index >= 15 is 0 Å². The van der Waals surface area contributed by atoms with Gasteiger partial charge < -0.3 is 14.6 Å². The lowest BCUT2D eigenvalue weighted by Gasteiger charge is -2.08. The lowest BCUT2D eigenvalue weighted by molar-refractivity contribution is 0.102. The Hall–Kier alpha value is -2.48. The zero-order chi connectivity index (χ0) is 13.7. The maximum absolute atomic E-state index is 11.7. The summed E-state index contributed by atoms with van der Waals surface area (Å²) in [5.74, 6) is -0.398. The Balaban J connectivity index is 2.12. The van der Waals surface area contributed by atoms with Crippen molar-refractivity contribution in [1.29, 1.82) is 0 Å². The SMILES string of the molecule is COCCn1cc(NC(=O)c2cn[nH]n2)ccc1=O. The Morgan fingerprint density at radius 1 is 1.53 bits per heavy atom. The molecule has 0 saturated heterocycles. The van der Waals surface area contributed by atoms with Crippen LogP contribution in [0.5, 0.6) is 0 Å². The summed E-state index contributed by atoms with van der Waals surface area (Å²) in [6.45, 7) is 0.837. The van der Waals surface area contributed by atoms with E-state index in [1.165, 1.54) is 22.9 Å². The van der Waals surface area contributed by atoms with E-state index in [0.717, 1.165) is 0 Å². The van der Waals surface area contributed by atoms with Crippen LogP contribution >= 0.6 is 0 Å². The first-order valence-electron chi connectivity index (χ1n) is 5.57. The molecule has 0 aliphatic heterocycles. The molecule has 1 amide bonds. The van der Waals surface area contributed by atoms with E-state index in [9.17, 15) is 9.59 Å². The van der Waals surface area contributed by atoms with Gasteiger partial charge in [0.1, 0.15) is 0 Å². The predicted molar refractivity (Wildman–Crippen MR) is 66.9 cm³/mol. The zero-order valence-electron chi connectivity index (χ0n) is 10.3. The van der Waals surface area contributed by atoms with Crippen LogP contribution in [-0.4, -0.2) is 39.6 Å². The van der Waals surface area contributed by atoms with Gasteiger partial charge in [-0.2, -0.15) is 15.4 Å². The number of amides is 1. The molecule has 2 aromatic heterocycles. The summed E-state index contributed by atoms with van der Waals surface area (Å²) in [4.78, 5) is 23.3. The van der Waals surface area contributed by atoms with Gasteiger partial charge in [0.05, 0.1) is 18.5 Å². The Morgan fingerprint density at radius 2 is 2.37 bits per heavy atom. The van der Waals surface area contributed by atoms with Crippen LogP contribution in [0.2, 0.25) is 0 Å². The second-order valence-corrected chi connectivity index (χ2v) is 3.75. The van der Waals surface area contributed by atoms with Crippen molar-refractivity contribution in [3.05, 3.63) is 40.6 Å². The second-order valence-electron chi connectivity index (χ2n) is 3.75. The number of carbonyl (C=O) groups excluding carboxylic acids is 1. The van der Waals surface area contributed by atoms with E-state index in [4.69, 9.17) is 4.74 Å². The van der Waals surface area contributed by atoms with Crippen molar-refractivity contribution in [2.45, 2.75) is 6.54 Å². The van der Waals surface area contributed by atoms with Gasteiger partial charge in [-0.1, -0.05) is 0 Å². The number of rotatable bonds is 5. The molecule has 0 bridgehead atoms. The molecule has 0 atom stereocenters. The molecule has 0 aliphatic carbocycles. The van der Waals surface area contributed by atoms with Gasteiger partial charge in [0.15, 0.2) is 5.69 Å². The first kappa shape index (κ1) is 13.0. The molecule has 0 aliphatic rings. The van der Waals surface area contributed by atoms with Crippen molar-refractivity contribution in [3.8, 4) is 0 Å². The smallest absolute Gasteiger partial charge is 0.277 e. The van der Waals surface area contributed by atoms with Crippen molar-refractivity contribution in [2.75, 3.05) is 19.0 Å². The van der Waals surface area contributed by atoms with E-state index < -0.39 is 5.91 Å². The number of aromatic amines is 1. The largest absolute Gasteiger partial charge is 0.383 e. The third-order valence-electron chi connectivity index (χ3n) is 2.43. The van der Waals surface area contributed by atoms with Crippen molar-refractivity contribution >= 4 is 11.6 Å². The second kappa shape index (κ2) is 5.91. The fourth-order valence-electron chi connectivity index (χ4n) is 1.48. The standard InChI is InChI=1S/C11H13N5O3/c1-19-5-4-16-7-8(2-3-10(16)17)13-11(18)9-6-12-15-14-9/h2-3,6-7H,4-5H2,1H3,(H,13,18)(H,12,14,15). The number of anilines is 1. The fourth-order valence-corrected chi connectivity index (χ4v) is 1.48. The van der Waals surface area contributed by atoms with Crippen LogP contribution < -0.4 is 10.9 Å². The minimum absolute atomic E-state index is 0.156. The number of nitrogens with zero attached hydrogens (tertiary/aromatic N) is 3. The summed E-state index contributed by atoms with van der Waals surface area (Å²) in [5.41, 5.74) is 0.523. The maximum Gasteiger partial charge on any atom is 0.277 e. The molecule has 0 fully saturated rings. The summed E-state index contributed by atoms with van der Waals surface area (Å²) in [5, 5.41) is 12.2. The summed E-state index contributed by atoms with van der Waals surface area (Å²) in [6.07, 6.45) is 2.87. The van der Waals surface area contributed by atoms with Crippen LogP contribution in [0.15, 0.2) is 29.3 Å². The van der Waals surface area contributed by atoms with Crippen molar-refractivity contribution in [3.63, 3.8) is 0 Å². The van der Waals surface area contributed by atoms with Gasteiger partial charge in [-0.25, -0.2) is 0 Å². The average molecular weight is 263 g/mol. The summed E-state index contributed by atoms with van der Waals surface area (Å²) in [7, 11) is 1.56. The summed E-state index contributed by atoms with van der Waals surface area (Å²) in [6, 6.07) is 2.91. The lowest BCUT2D eigenvalue weighted by Crippen LogP contribution is -2.22. The van der Waals surface area contributed by atoms with Crippen LogP contribution in [0.4, 0.5) is 5.69 Å². The van der Waals surface area contributed by atoms with E-state index in [1.807, 2.05) is 0 Å². The van der Waals surface area contributed by atoms with E-state index in [1.54, 1.807) is 13.3 Å². The average Bonchev–Trinajstić information content (AvgIpc) is 2.93. The molecule has 8 nitrogen and oxygen atoms in total. The molecule has 8 heteroatoms. The highest BCUT2D eigenvalue weighted by Crippen LogP contribution is 2.05. The lowest BCUT2D eigenvalue weighted by atomic mass is 10.3. The van der Waals surface area contributed by atoms with Gasteiger partial charge in [-0.15, -0.1) is 0 Å². The number of methoxy groups -OCH3 is 1. The molecule has 2 heterocycles. The normalized spacial score (nSPS) is 10.4. The van der Waals surface area contributed by atoms with Gasteiger partial charge in [0.25, 0.3) is 11.5 Å². The molecule has 100 valence electrons. The number of ether oxygens (including phenoxy) is 1. The van der Waals surface area contributed by atoms with Gasteiger partial charge in [0, 0.05) is 25.9 Å². The highest BCUT2D eigenvalue weighted by molar-refractivity contribution is 6.02. The van der Waals surface area contributed by atoms with Crippen LogP contribution in [0.25, 0.3) is 0 Å². The molecular weight excluding hydrogens is 250 g/mol. The topological polar surface area (TPSA) is 102 Å². The van der Waals surface area contributed by atoms with Crippen molar-refractivity contribution < 1.29 is 9.53 Å². The van der Waals surface area contributed by atoms with E-state index in [0.29, 0.717) is 18.8 Å². The zero-order valence-corrected chi connectivity index (χ0v) is 10.3. The quantitative estimate of drug-likeness (QED) is 0.782. The third-order valence-corrected chi connectivity index (χ3v) is 2.43. The Labute approximate surface area is 108 Å². The molecule has 0 spiro atoms. The van der Waals surface area contributed by atoms with Crippen LogP contribution in [0.1, 0.15) is 10.5 Å². The first-order valence-corrected chi connectivity index (χ1v) is 5.57. The first-order chi connectivity index (χ1) is 9.20. The molecule has 0 aromatic carbocycles. The van der Waals surface area contributed by atoms with Crippen molar-refractivity contribution in [2.24, 2.45) is 0 Å². The minimum atomic E-state index is -0.398. The van der Waals surface area contributed by atoms with Gasteiger partial charge in [-0.3, -0.25) is 9.59 Å². The minimum Gasteiger partial charge on any atom is -0.383 e. The molecule has 0 saturated carbocycles. The molecular formula is C11H13N5O3. The maximum atomic E-state index is 11.7. The Morgan fingerprint density at radius 3 is 3.05 bits per heavy atom. The highest BCUT2D eigenvalue weighted by Gasteiger charge is 2.09. The summed E-state index contributed by atoms with van der Waals surface area (Å²) < 4.78 is 6.37. The fraction of sp³-hybridized carbons (Fsp3) is 0.273. The van der Waals surface area contributed by atoms with Gasteiger partial charge in [0.2, 0.25) is 0 Å². The molecule has 2 aromatic rings. The van der Waals surface area contributed by atoms with Crippen LogP contribution in [-0.2, 0) is 11.3 Å². The van der Waals surface area contributed by atoms with E-state index in [2.05, 4.69) is 20.7 Å². The number of pyridine rings is 1. The monoisotopic (exact) mass is 263 g/mol. The number of aromatic nitrogens is 4. The van der Waals surface area contributed by atoms with Crippen LogP contribution in [0.3, 0.4) is 0 Å². The molecule has 2 rings (SSSR count). The Bertz CT molecular complexity index is 605. The van der Waals surface area contributed by atoms with E-state index in [-0.39, 0.29) is 11.3 Å². The highest BCUT2D eigenvalue weighted by atomic mass is 16.5. The molecule has 19 heavy (non-hydrogen) atoms. The van der Waals surface area contributed by atoms with Crippen LogP contribution in [0, 0.1) is 0 Å². The number of hydrogen-bond acceptors (Lipinski definition) is 5.